The highest BCUT2D eigenvalue weighted by atomic mass is 32.1. The average Bonchev–Trinajstić information content (AvgIpc) is 2.72. The summed E-state index contributed by atoms with van der Waals surface area (Å²) < 4.78 is 23.7. The molecule has 0 fully saturated rings. The molecule has 0 aromatic heterocycles. The number of rotatable bonds is 9. The number of methoxy groups -OCH3 is 1. The topological polar surface area (TPSA) is 84.0 Å². The third-order valence-electron chi connectivity index (χ3n) is 3.67. The molecule has 29 heavy (non-hydrogen) atoms. The van der Waals surface area contributed by atoms with E-state index in [4.69, 9.17) is 21.7 Å². The minimum Gasteiger partial charge on any atom is -0.493 e. The number of ether oxygens (including phenoxy) is 2. The van der Waals surface area contributed by atoms with Crippen molar-refractivity contribution in [1.29, 1.82) is 0 Å². The van der Waals surface area contributed by atoms with Gasteiger partial charge in [0.2, 0.25) is 0 Å². The standard InChI is InChI=1S/C20H23FN4O3S/c1-3-22-19(26)13-28-17-9-6-15(10-18(17)27-2)12-24-25-20(29)23-11-14-4-7-16(21)8-5-14/h4-10,12H,3,11,13H2,1-2H3,(H,22,26)(H2,23,25,29)/b24-12-. The molecule has 1 amide bonds. The van der Waals surface area contributed by atoms with E-state index in [1.807, 2.05) is 6.92 Å². The highest BCUT2D eigenvalue weighted by Gasteiger charge is 2.07. The highest BCUT2D eigenvalue weighted by Crippen LogP contribution is 2.27. The van der Waals surface area contributed by atoms with Crippen LogP contribution in [0.4, 0.5) is 4.39 Å². The van der Waals surface area contributed by atoms with Crippen molar-refractivity contribution in [3.63, 3.8) is 0 Å². The normalized spacial score (nSPS) is 10.4. The van der Waals surface area contributed by atoms with Crippen molar-refractivity contribution in [2.24, 2.45) is 5.10 Å². The lowest BCUT2D eigenvalue weighted by atomic mass is 10.2. The van der Waals surface area contributed by atoms with Crippen molar-refractivity contribution in [3.8, 4) is 11.5 Å². The highest BCUT2D eigenvalue weighted by molar-refractivity contribution is 7.80. The number of hydrazone groups is 1. The first-order chi connectivity index (χ1) is 14.0. The Kier molecular flexibility index (Phi) is 8.84. The smallest absolute Gasteiger partial charge is 0.257 e. The Morgan fingerprint density at radius 2 is 1.93 bits per heavy atom. The second-order valence-corrected chi connectivity index (χ2v) is 6.24. The van der Waals surface area contributed by atoms with Crippen LogP contribution in [0.25, 0.3) is 0 Å². The van der Waals surface area contributed by atoms with Crippen LogP contribution in [0.3, 0.4) is 0 Å². The van der Waals surface area contributed by atoms with E-state index in [-0.39, 0.29) is 18.3 Å². The summed E-state index contributed by atoms with van der Waals surface area (Å²) in [5.41, 5.74) is 4.36. The third-order valence-corrected chi connectivity index (χ3v) is 3.90. The fraction of sp³-hybridized carbons (Fsp3) is 0.250. The van der Waals surface area contributed by atoms with E-state index in [1.165, 1.54) is 19.2 Å². The SMILES string of the molecule is CCNC(=O)COc1ccc(/C=N\NC(=S)NCc2ccc(F)cc2)cc1OC. The number of halogens is 1. The Morgan fingerprint density at radius 3 is 2.62 bits per heavy atom. The number of likely N-dealkylation sites (N-methyl/N-ethyl adjacent to an activating group) is 1. The van der Waals surface area contributed by atoms with Crippen LogP contribution in [0.2, 0.25) is 0 Å². The predicted octanol–water partition coefficient (Wildman–Crippen LogP) is 2.35. The van der Waals surface area contributed by atoms with Gasteiger partial charge in [-0.15, -0.1) is 0 Å². The first-order valence-electron chi connectivity index (χ1n) is 8.90. The van der Waals surface area contributed by atoms with Gasteiger partial charge in [-0.25, -0.2) is 4.39 Å². The van der Waals surface area contributed by atoms with Crippen molar-refractivity contribution in [1.82, 2.24) is 16.1 Å². The van der Waals surface area contributed by atoms with Gasteiger partial charge in [0.15, 0.2) is 23.2 Å². The molecule has 0 atom stereocenters. The predicted molar refractivity (Wildman–Crippen MR) is 114 cm³/mol. The molecule has 154 valence electrons. The van der Waals surface area contributed by atoms with Crippen LogP contribution in [0.5, 0.6) is 11.5 Å². The van der Waals surface area contributed by atoms with Gasteiger partial charge in [-0.1, -0.05) is 12.1 Å². The average molecular weight is 418 g/mol. The lowest BCUT2D eigenvalue weighted by Gasteiger charge is -2.11. The molecule has 2 rings (SSSR count). The number of nitrogens with one attached hydrogen (secondary N) is 3. The van der Waals surface area contributed by atoms with Gasteiger partial charge < -0.3 is 20.1 Å². The number of amides is 1. The van der Waals surface area contributed by atoms with Crippen LogP contribution >= 0.6 is 12.2 Å². The van der Waals surface area contributed by atoms with Crippen LogP contribution in [0.1, 0.15) is 18.1 Å². The van der Waals surface area contributed by atoms with E-state index in [0.717, 1.165) is 11.1 Å². The largest absolute Gasteiger partial charge is 0.493 e. The van der Waals surface area contributed by atoms with E-state index in [0.29, 0.717) is 29.7 Å². The lowest BCUT2D eigenvalue weighted by molar-refractivity contribution is -0.123. The molecular weight excluding hydrogens is 395 g/mol. The monoisotopic (exact) mass is 418 g/mol. The van der Waals surface area contributed by atoms with Crippen LogP contribution in [-0.2, 0) is 11.3 Å². The van der Waals surface area contributed by atoms with Gasteiger partial charge >= 0.3 is 0 Å². The number of nitrogens with zero attached hydrogens (tertiary/aromatic N) is 1. The van der Waals surface area contributed by atoms with Gasteiger partial charge in [0.1, 0.15) is 5.82 Å². The fourth-order valence-corrected chi connectivity index (χ4v) is 2.39. The fourth-order valence-electron chi connectivity index (χ4n) is 2.26. The van der Waals surface area contributed by atoms with Crippen LogP contribution in [0, 0.1) is 5.82 Å². The quantitative estimate of drug-likeness (QED) is 0.329. The molecule has 0 aliphatic carbocycles. The molecule has 9 heteroatoms. The van der Waals surface area contributed by atoms with Crippen molar-refractivity contribution < 1.29 is 18.7 Å². The molecule has 2 aromatic rings. The summed E-state index contributed by atoms with van der Waals surface area (Å²) in [6, 6.07) is 11.3. The van der Waals surface area contributed by atoms with E-state index >= 15 is 0 Å². The molecular formula is C20H23FN4O3S. The van der Waals surface area contributed by atoms with Crippen LogP contribution in [-0.4, -0.2) is 37.5 Å². The molecule has 0 heterocycles. The second kappa shape index (κ2) is 11.6. The molecule has 0 saturated heterocycles. The molecule has 2 aromatic carbocycles. The summed E-state index contributed by atoms with van der Waals surface area (Å²) in [6.45, 7) is 2.74. The summed E-state index contributed by atoms with van der Waals surface area (Å²) in [4.78, 5) is 11.5. The summed E-state index contributed by atoms with van der Waals surface area (Å²) >= 11 is 5.15. The Balaban J connectivity index is 1.85. The molecule has 0 bridgehead atoms. The number of thiocarbonyl (C=S) groups is 1. The minimum atomic E-state index is -0.282. The maximum Gasteiger partial charge on any atom is 0.257 e. The van der Waals surface area contributed by atoms with Crippen molar-refractivity contribution in [3.05, 3.63) is 59.4 Å². The molecule has 0 unspecified atom stereocenters. The Bertz CT molecular complexity index is 859. The summed E-state index contributed by atoms with van der Waals surface area (Å²) in [5.74, 6) is 0.455. The molecule has 0 radical (unpaired) electrons. The van der Waals surface area contributed by atoms with Gasteiger partial charge in [-0.2, -0.15) is 5.10 Å². The third kappa shape index (κ3) is 7.74. The second-order valence-electron chi connectivity index (χ2n) is 5.83. The molecule has 3 N–H and O–H groups in total. The first-order valence-corrected chi connectivity index (χ1v) is 9.31. The van der Waals surface area contributed by atoms with Crippen molar-refractivity contribution in [2.45, 2.75) is 13.5 Å². The van der Waals surface area contributed by atoms with E-state index < -0.39 is 0 Å². The molecule has 7 nitrogen and oxygen atoms in total. The zero-order valence-corrected chi connectivity index (χ0v) is 17.0. The molecule has 0 saturated carbocycles. The van der Waals surface area contributed by atoms with Gasteiger partial charge in [0, 0.05) is 13.1 Å². The maximum absolute atomic E-state index is 12.9. The zero-order valence-electron chi connectivity index (χ0n) is 16.2. The van der Waals surface area contributed by atoms with Gasteiger partial charge in [-0.05, 0) is 60.6 Å². The van der Waals surface area contributed by atoms with Gasteiger partial charge in [-0.3, -0.25) is 10.2 Å². The first kappa shape index (κ1) is 22.1. The zero-order chi connectivity index (χ0) is 21.1. The minimum absolute atomic E-state index is 0.0901. The summed E-state index contributed by atoms with van der Waals surface area (Å²) in [7, 11) is 1.52. The molecule has 0 aliphatic heterocycles. The number of hydrogen-bond acceptors (Lipinski definition) is 5. The van der Waals surface area contributed by atoms with Crippen molar-refractivity contribution in [2.75, 3.05) is 20.3 Å². The van der Waals surface area contributed by atoms with E-state index in [2.05, 4.69) is 21.2 Å². The number of carbonyl (C=O) groups excluding carboxylic acids is 1. The van der Waals surface area contributed by atoms with Crippen molar-refractivity contribution >= 4 is 29.5 Å². The van der Waals surface area contributed by atoms with Crippen LogP contribution < -0.4 is 25.5 Å². The molecule has 0 aliphatic rings. The van der Waals surface area contributed by atoms with E-state index in [9.17, 15) is 9.18 Å². The summed E-state index contributed by atoms with van der Waals surface area (Å²) in [5, 5.41) is 10.0. The Labute approximate surface area is 174 Å². The number of carbonyl (C=O) groups is 1. The number of hydrogen-bond donors (Lipinski definition) is 3. The maximum atomic E-state index is 12.9. The van der Waals surface area contributed by atoms with Gasteiger partial charge in [0.05, 0.1) is 13.3 Å². The Hall–Kier alpha value is -3.20. The lowest BCUT2D eigenvalue weighted by Crippen LogP contribution is -2.31. The Morgan fingerprint density at radius 1 is 1.17 bits per heavy atom. The summed E-state index contributed by atoms with van der Waals surface area (Å²) in [6.07, 6.45) is 1.57. The van der Waals surface area contributed by atoms with E-state index in [1.54, 1.807) is 36.5 Å². The molecule has 0 spiro atoms. The van der Waals surface area contributed by atoms with Gasteiger partial charge in [0.25, 0.3) is 5.91 Å². The van der Waals surface area contributed by atoms with Crippen LogP contribution in [0.15, 0.2) is 47.6 Å². The number of benzene rings is 2.